The summed E-state index contributed by atoms with van der Waals surface area (Å²) in [5, 5.41) is 8.91. The predicted molar refractivity (Wildman–Crippen MR) is 32.0 cm³/mol. The van der Waals surface area contributed by atoms with Gasteiger partial charge in [-0.15, -0.1) is 0 Å². The predicted octanol–water partition coefficient (Wildman–Crippen LogP) is 0.633. The van der Waals surface area contributed by atoms with E-state index >= 15 is 0 Å². The Bertz CT molecular complexity index is 81.1. The molecule has 0 aromatic heterocycles. The van der Waals surface area contributed by atoms with E-state index in [1.807, 2.05) is 0 Å². The molecule has 2 N–H and O–H groups in total. The first-order valence-electron chi connectivity index (χ1n) is 3.50. The normalized spacial score (nSPS) is 18.6. The van der Waals surface area contributed by atoms with Gasteiger partial charge in [-0.05, 0) is 12.8 Å². The molecule has 0 aromatic carbocycles. The average molecular weight is 181 g/mol. The number of hydrogen-bond donors (Lipinski definition) is 2. The Morgan fingerprint density at radius 3 is 1.80 bits per heavy atom. The summed E-state index contributed by atoms with van der Waals surface area (Å²) >= 11 is -1.75. The minimum atomic E-state index is -1.75. The molecule has 0 amide bonds. The summed E-state index contributed by atoms with van der Waals surface area (Å²) in [6.45, 7) is 0. The van der Waals surface area contributed by atoms with Crippen LogP contribution >= 0.6 is 0 Å². The Labute approximate surface area is 70.2 Å². The molecule has 0 unspecified atom stereocenters. The van der Waals surface area contributed by atoms with Gasteiger partial charge in [0.25, 0.3) is 0 Å². The molecule has 1 fully saturated rings. The van der Waals surface area contributed by atoms with Crippen LogP contribution in [0.4, 0.5) is 0 Å². The molecular weight excluding hydrogens is 168 g/mol. The van der Waals surface area contributed by atoms with Crippen LogP contribution in [0, 0.1) is 0 Å². The molecule has 1 aliphatic carbocycles. The van der Waals surface area contributed by atoms with Gasteiger partial charge in [0.15, 0.2) is 0 Å². The molecule has 1 saturated carbocycles. The zero-order chi connectivity index (χ0) is 7.82. The van der Waals surface area contributed by atoms with Crippen LogP contribution < -0.4 is 0 Å². The quantitative estimate of drug-likeness (QED) is 0.539. The Hall–Kier alpha value is 0.434. The van der Waals surface area contributed by atoms with E-state index in [0.717, 1.165) is 12.8 Å². The van der Waals surface area contributed by atoms with E-state index in [-0.39, 0.29) is 6.10 Å². The maximum absolute atomic E-state index is 8.91. The fourth-order valence-corrected chi connectivity index (χ4v) is 1.08. The molecule has 0 bridgehead atoms. The van der Waals surface area contributed by atoms with Crippen molar-refractivity contribution < 1.29 is 31.6 Å². The molecule has 4 heteroatoms. The molecule has 0 atom stereocenters. The first-order chi connectivity index (χ1) is 4.81. The van der Waals surface area contributed by atoms with Crippen molar-refractivity contribution in [2.45, 2.75) is 38.2 Å². The first-order valence-corrected chi connectivity index (χ1v) is 4.84. The minimum absolute atomic E-state index is 0.0359. The van der Waals surface area contributed by atoms with Gasteiger partial charge in [-0.2, -0.15) is 0 Å². The van der Waals surface area contributed by atoms with E-state index in [1.54, 1.807) is 0 Å². The summed E-state index contributed by atoms with van der Waals surface area (Å²) in [6, 6.07) is 0. The van der Waals surface area contributed by atoms with E-state index in [4.69, 9.17) is 12.1 Å². The molecule has 59 valence electrons. The summed E-state index contributed by atoms with van der Waals surface area (Å²) in [4.78, 5) is 0. The van der Waals surface area contributed by atoms with Crippen LogP contribution in [-0.2, 0) is 22.8 Å². The molecule has 0 aromatic rings. The molecule has 0 aliphatic heterocycles. The van der Waals surface area contributed by atoms with Crippen molar-refractivity contribution in [1.82, 2.24) is 0 Å². The molecule has 0 heterocycles. The third-order valence-electron chi connectivity index (χ3n) is 1.57. The zero-order valence-corrected chi connectivity index (χ0v) is 7.48. The third-order valence-corrected chi connectivity index (χ3v) is 1.57. The molecule has 0 spiro atoms. The molecule has 3 nitrogen and oxygen atoms in total. The van der Waals surface area contributed by atoms with Crippen molar-refractivity contribution in [3.63, 3.8) is 0 Å². The molecule has 1 aliphatic rings. The summed E-state index contributed by atoms with van der Waals surface area (Å²) < 4.78 is 15.8. The van der Waals surface area contributed by atoms with Gasteiger partial charge in [-0.25, -0.2) is 0 Å². The maximum atomic E-state index is 8.91. The summed E-state index contributed by atoms with van der Waals surface area (Å²) in [7, 11) is 0. The fourth-order valence-electron chi connectivity index (χ4n) is 1.08. The van der Waals surface area contributed by atoms with Crippen LogP contribution in [0.15, 0.2) is 0 Å². The van der Waals surface area contributed by atoms with Gasteiger partial charge in [-0.3, -0.25) is 0 Å². The van der Waals surface area contributed by atoms with Gasteiger partial charge < -0.3 is 5.11 Å². The van der Waals surface area contributed by atoms with Crippen molar-refractivity contribution in [2.24, 2.45) is 0 Å². The van der Waals surface area contributed by atoms with Crippen molar-refractivity contribution in [3.8, 4) is 0 Å². The summed E-state index contributed by atoms with van der Waals surface area (Å²) in [5.74, 6) is 0. The Morgan fingerprint density at radius 1 is 1.20 bits per heavy atom. The van der Waals surface area contributed by atoms with E-state index in [0.29, 0.717) is 0 Å². The van der Waals surface area contributed by atoms with Crippen LogP contribution in [-0.4, -0.2) is 14.9 Å². The summed E-state index contributed by atoms with van der Waals surface area (Å²) in [5.41, 5.74) is 0. The molecular formula is C6H13O3Ti. The monoisotopic (exact) mass is 181 g/mol. The van der Waals surface area contributed by atoms with Crippen LogP contribution in [0.5, 0.6) is 0 Å². The van der Waals surface area contributed by atoms with Gasteiger partial charge in [0.05, 0.1) is 6.10 Å². The van der Waals surface area contributed by atoms with E-state index in [1.165, 1.54) is 19.3 Å². The van der Waals surface area contributed by atoms with Crippen LogP contribution in [0.2, 0.25) is 0 Å². The molecule has 0 radical (unpaired) electrons. The molecule has 1 rings (SSSR count). The van der Waals surface area contributed by atoms with Crippen LogP contribution in [0.3, 0.4) is 0 Å². The Kier molecular flexibility index (Phi) is 7.87. The number of rotatable bonds is 0. The van der Waals surface area contributed by atoms with E-state index in [2.05, 4.69) is 0 Å². The average Bonchev–Trinajstić information content (AvgIpc) is 1.91. The van der Waals surface area contributed by atoms with Gasteiger partial charge in [0, 0.05) is 0 Å². The van der Waals surface area contributed by atoms with Gasteiger partial charge in [0.2, 0.25) is 0 Å². The van der Waals surface area contributed by atoms with Crippen LogP contribution in [0.1, 0.15) is 32.1 Å². The standard InChI is InChI=1S/C6H12O.H2O.O.Ti/c7-6-4-2-1-3-5-6;;;/h6-7H,1-5H2;1H2;;/q;;;+1/p-1. The number of aliphatic hydroxyl groups is 1. The van der Waals surface area contributed by atoms with Crippen molar-refractivity contribution in [2.75, 3.05) is 0 Å². The van der Waals surface area contributed by atoms with E-state index < -0.39 is 19.5 Å². The zero-order valence-electron chi connectivity index (χ0n) is 5.92. The number of aliphatic hydroxyl groups excluding tert-OH is 1. The van der Waals surface area contributed by atoms with Crippen LogP contribution in [0.25, 0.3) is 0 Å². The SMILES string of the molecule is OC1CCCCC1.[O]=[Ti][OH]. The van der Waals surface area contributed by atoms with Crippen molar-refractivity contribution in [1.29, 1.82) is 0 Å². The Balaban J connectivity index is 0.000000236. The fraction of sp³-hybridized carbons (Fsp3) is 1.00. The third kappa shape index (κ3) is 6.55. The first kappa shape index (κ1) is 10.4. The summed E-state index contributed by atoms with van der Waals surface area (Å²) in [6.07, 6.45) is 5.92. The van der Waals surface area contributed by atoms with Gasteiger partial charge >= 0.3 is 26.5 Å². The second-order valence-electron chi connectivity index (χ2n) is 2.38. The van der Waals surface area contributed by atoms with Crippen molar-refractivity contribution >= 4 is 0 Å². The second-order valence-corrected chi connectivity index (χ2v) is 2.67. The second kappa shape index (κ2) is 7.54. The van der Waals surface area contributed by atoms with Gasteiger partial charge in [-0.1, -0.05) is 19.3 Å². The molecule has 0 saturated heterocycles. The van der Waals surface area contributed by atoms with Gasteiger partial charge in [0.1, 0.15) is 0 Å². The Morgan fingerprint density at radius 2 is 1.60 bits per heavy atom. The van der Waals surface area contributed by atoms with E-state index in [9.17, 15) is 0 Å². The van der Waals surface area contributed by atoms with Crippen molar-refractivity contribution in [3.05, 3.63) is 0 Å². The topological polar surface area (TPSA) is 57.5 Å². The number of hydrogen-bond acceptors (Lipinski definition) is 2. The molecule has 10 heavy (non-hydrogen) atoms.